The van der Waals surface area contributed by atoms with E-state index in [4.69, 9.17) is 23.2 Å². The highest BCUT2D eigenvalue weighted by molar-refractivity contribution is 7.94. The van der Waals surface area contributed by atoms with Crippen molar-refractivity contribution >= 4 is 60.6 Å². The van der Waals surface area contributed by atoms with Crippen molar-refractivity contribution in [2.45, 2.75) is 11.3 Å². The van der Waals surface area contributed by atoms with Gasteiger partial charge in [0.05, 0.1) is 0 Å². The molecule has 0 radical (unpaired) electrons. The molecule has 0 bridgehead atoms. The van der Waals surface area contributed by atoms with E-state index in [2.05, 4.69) is 19.7 Å². The predicted octanol–water partition coefficient (Wildman–Crippen LogP) is 3.50. The van der Waals surface area contributed by atoms with Gasteiger partial charge in [-0.05, 0) is 36.2 Å². The Hall–Kier alpha value is -1.48. The molecule has 0 spiro atoms. The van der Waals surface area contributed by atoms with Gasteiger partial charge < -0.3 is 0 Å². The number of nitrogens with zero attached hydrogens (tertiary/aromatic N) is 3. The minimum absolute atomic E-state index is 0.0736. The van der Waals surface area contributed by atoms with Crippen molar-refractivity contribution in [3.63, 3.8) is 0 Å². The summed E-state index contributed by atoms with van der Waals surface area (Å²) in [5, 5.41) is -0.0112. The quantitative estimate of drug-likeness (QED) is 0.559. The van der Waals surface area contributed by atoms with E-state index in [1.54, 1.807) is 18.2 Å². The van der Waals surface area contributed by atoms with Crippen LogP contribution in [-0.2, 0) is 10.0 Å². The minimum Gasteiger partial charge on any atom is -0.278 e. The Morgan fingerprint density at radius 2 is 1.95 bits per heavy atom. The van der Waals surface area contributed by atoms with Crippen molar-refractivity contribution in [1.29, 1.82) is 0 Å². The van der Waals surface area contributed by atoms with Crippen LogP contribution in [-0.4, -0.2) is 23.4 Å². The number of benzene rings is 1. The van der Waals surface area contributed by atoms with Gasteiger partial charge in [0.2, 0.25) is 9.62 Å². The number of hydrogen-bond acceptors (Lipinski definition) is 6. The second-order valence-electron chi connectivity index (χ2n) is 4.39. The molecular weight excluding hydrogens is 367 g/mol. The summed E-state index contributed by atoms with van der Waals surface area (Å²) in [7, 11) is -3.83. The fraction of sp³-hybridized carbons (Fsp3) is 0.0833. The van der Waals surface area contributed by atoms with Gasteiger partial charge in [-0.15, -0.1) is 0 Å². The molecule has 0 fully saturated rings. The lowest BCUT2D eigenvalue weighted by Gasteiger charge is -2.05. The fourth-order valence-electron chi connectivity index (χ4n) is 1.77. The molecule has 1 aromatic carbocycles. The molecule has 0 atom stereocenters. The van der Waals surface area contributed by atoms with Crippen molar-refractivity contribution in [1.82, 2.24) is 15.0 Å². The topological polar surface area (TPSA) is 84.8 Å². The highest BCUT2D eigenvalue weighted by Crippen LogP contribution is 2.31. The molecule has 0 saturated heterocycles. The van der Waals surface area contributed by atoms with Crippen molar-refractivity contribution < 1.29 is 8.42 Å². The summed E-state index contributed by atoms with van der Waals surface area (Å²) in [6.07, 6.45) is 0. The second-order valence-corrected chi connectivity index (χ2v) is 7.94. The van der Waals surface area contributed by atoms with E-state index in [1.165, 1.54) is 0 Å². The molecule has 0 unspecified atom stereocenters. The minimum atomic E-state index is -3.83. The van der Waals surface area contributed by atoms with E-state index in [1.807, 2.05) is 13.0 Å². The molecule has 2 aromatic heterocycles. The van der Waals surface area contributed by atoms with E-state index in [0.29, 0.717) is 10.4 Å². The Morgan fingerprint density at radius 3 is 2.68 bits per heavy atom. The molecule has 10 heteroatoms. The third-order valence-electron chi connectivity index (χ3n) is 2.67. The van der Waals surface area contributed by atoms with Crippen molar-refractivity contribution in [3.05, 3.63) is 40.3 Å². The number of thiazole rings is 1. The summed E-state index contributed by atoms with van der Waals surface area (Å²) in [5.41, 5.74) is 1.54. The Morgan fingerprint density at radius 1 is 1.18 bits per heavy atom. The summed E-state index contributed by atoms with van der Waals surface area (Å²) in [6.45, 7) is 1.87. The Balaban J connectivity index is 2.04. The first-order valence-corrected chi connectivity index (χ1v) is 9.00. The van der Waals surface area contributed by atoms with Crippen LogP contribution in [0.5, 0.6) is 0 Å². The van der Waals surface area contributed by atoms with E-state index in [-0.39, 0.29) is 20.4 Å². The number of fused-ring (bicyclic) bond motifs is 1. The van der Waals surface area contributed by atoms with Gasteiger partial charge in [-0.1, -0.05) is 35.1 Å². The van der Waals surface area contributed by atoms with Crippen LogP contribution in [0, 0.1) is 6.92 Å². The first kappa shape index (κ1) is 15.4. The molecule has 0 aliphatic rings. The summed E-state index contributed by atoms with van der Waals surface area (Å²) < 4.78 is 27.5. The summed E-state index contributed by atoms with van der Waals surface area (Å²) in [4.78, 5) is 11.6. The number of aryl methyl sites for hydroxylation is 1. The van der Waals surface area contributed by atoms with E-state index in [9.17, 15) is 8.42 Å². The first-order valence-electron chi connectivity index (χ1n) is 5.94. The van der Waals surface area contributed by atoms with Gasteiger partial charge in [0.1, 0.15) is 4.70 Å². The lowest BCUT2D eigenvalue weighted by Crippen LogP contribution is -2.12. The van der Waals surface area contributed by atoms with E-state index in [0.717, 1.165) is 16.9 Å². The Labute approximate surface area is 140 Å². The normalized spacial score (nSPS) is 11.8. The molecule has 3 aromatic rings. The zero-order valence-corrected chi connectivity index (χ0v) is 14.2. The maximum Gasteiger partial charge on any atom is 0.289 e. The number of hydrogen-bond donors (Lipinski definition) is 1. The number of aromatic nitrogens is 3. The summed E-state index contributed by atoms with van der Waals surface area (Å²) in [5.74, 6) is 0. The average Bonchev–Trinajstić information content (AvgIpc) is 2.83. The van der Waals surface area contributed by atoms with Crippen LogP contribution in [0.25, 0.3) is 10.3 Å². The van der Waals surface area contributed by atoms with E-state index >= 15 is 0 Å². The van der Waals surface area contributed by atoms with Gasteiger partial charge in [-0.3, -0.25) is 4.72 Å². The zero-order chi connectivity index (χ0) is 15.9. The number of anilines is 1. The lowest BCUT2D eigenvalue weighted by molar-refractivity contribution is 0.600. The monoisotopic (exact) mass is 374 g/mol. The van der Waals surface area contributed by atoms with Gasteiger partial charge >= 0.3 is 0 Å². The SMILES string of the molecule is Cc1cccc(NS(=O)(=O)c2nc3nc(Cl)nc(Cl)c3s2)c1. The van der Waals surface area contributed by atoms with Gasteiger partial charge in [0, 0.05) is 5.69 Å². The molecule has 22 heavy (non-hydrogen) atoms. The summed E-state index contributed by atoms with van der Waals surface area (Å²) in [6, 6.07) is 7.00. The van der Waals surface area contributed by atoms with Gasteiger partial charge in [-0.2, -0.15) is 13.4 Å². The molecular formula is C12H8Cl2N4O2S2. The molecule has 1 N–H and O–H groups in total. The second kappa shape index (κ2) is 5.62. The average molecular weight is 375 g/mol. The van der Waals surface area contributed by atoms with Crippen molar-refractivity contribution in [2.24, 2.45) is 0 Å². The molecule has 0 saturated carbocycles. The van der Waals surface area contributed by atoms with Gasteiger partial charge in [0.25, 0.3) is 10.0 Å². The summed E-state index contributed by atoms with van der Waals surface area (Å²) >= 11 is 12.5. The maximum absolute atomic E-state index is 12.4. The van der Waals surface area contributed by atoms with Gasteiger partial charge in [0.15, 0.2) is 10.8 Å². The molecule has 0 aliphatic heterocycles. The van der Waals surface area contributed by atoms with Crippen LogP contribution in [0.2, 0.25) is 10.4 Å². The van der Waals surface area contributed by atoms with E-state index < -0.39 is 10.0 Å². The third kappa shape index (κ3) is 3.00. The Kier molecular flexibility index (Phi) is 3.94. The largest absolute Gasteiger partial charge is 0.289 e. The predicted molar refractivity (Wildman–Crippen MR) is 87.2 cm³/mol. The Bertz CT molecular complexity index is 972. The molecule has 6 nitrogen and oxygen atoms in total. The fourth-order valence-corrected chi connectivity index (χ4v) is 4.42. The molecule has 3 rings (SSSR count). The first-order chi connectivity index (χ1) is 10.3. The standard InChI is InChI=1S/C12H8Cl2N4O2S2/c1-6-3-2-4-7(5-6)18-22(19,20)12-17-10-8(21-12)9(13)15-11(14)16-10/h2-5,18H,1H3. The smallest absolute Gasteiger partial charge is 0.278 e. The van der Waals surface area contributed by atoms with Crippen LogP contribution in [0.4, 0.5) is 5.69 Å². The van der Waals surface area contributed by atoms with Crippen LogP contribution in [0.15, 0.2) is 28.6 Å². The number of halogens is 2. The maximum atomic E-state index is 12.4. The number of nitrogens with one attached hydrogen (secondary N) is 1. The number of rotatable bonds is 3. The van der Waals surface area contributed by atoms with Crippen molar-refractivity contribution in [2.75, 3.05) is 4.72 Å². The van der Waals surface area contributed by atoms with Crippen LogP contribution in [0.1, 0.15) is 5.56 Å². The molecule has 0 amide bonds. The highest BCUT2D eigenvalue weighted by atomic mass is 35.5. The van der Waals surface area contributed by atoms with Crippen LogP contribution < -0.4 is 4.72 Å². The van der Waals surface area contributed by atoms with Crippen LogP contribution >= 0.6 is 34.5 Å². The van der Waals surface area contributed by atoms with Crippen LogP contribution in [0.3, 0.4) is 0 Å². The molecule has 2 heterocycles. The third-order valence-corrected chi connectivity index (χ3v) is 6.03. The highest BCUT2D eigenvalue weighted by Gasteiger charge is 2.22. The zero-order valence-electron chi connectivity index (χ0n) is 11.0. The molecule has 114 valence electrons. The lowest BCUT2D eigenvalue weighted by atomic mass is 10.2. The van der Waals surface area contributed by atoms with Crippen molar-refractivity contribution in [3.8, 4) is 0 Å². The number of sulfonamides is 1. The molecule has 0 aliphatic carbocycles. The van der Waals surface area contributed by atoms with Gasteiger partial charge in [-0.25, -0.2) is 9.97 Å².